The number of rotatable bonds is 2. The molecule has 0 aromatic heterocycles. The van der Waals surface area contributed by atoms with Crippen LogP contribution in [-0.4, -0.2) is 7.05 Å². The van der Waals surface area contributed by atoms with Crippen molar-refractivity contribution in [1.29, 1.82) is 0 Å². The Morgan fingerprint density at radius 3 is 2.42 bits per heavy atom. The Bertz CT molecular complexity index is 266. The van der Waals surface area contributed by atoms with Gasteiger partial charge in [-0.1, -0.05) is 23.8 Å². The molecule has 12 heavy (non-hydrogen) atoms. The van der Waals surface area contributed by atoms with E-state index in [1.54, 1.807) is 0 Å². The van der Waals surface area contributed by atoms with Gasteiger partial charge >= 0.3 is 0 Å². The Balaban J connectivity index is 3.01. The predicted molar refractivity (Wildman–Crippen MR) is 53.4 cm³/mol. The molecule has 1 unspecified atom stereocenters. The SMILES string of the molecule is CNC(C)c1ccc(C)cc1C. The molecule has 0 aliphatic heterocycles. The van der Waals surface area contributed by atoms with Gasteiger partial charge in [-0.25, -0.2) is 0 Å². The Kier molecular flexibility index (Phi) is 2.88. The summed E-state index contributed by atoms with van der Waals surface area (Å²) in [6.07, 6.45) is 0. The van der Waals surface area contributed by atoms with Crippen molar-refractivity contribution in [3.8, 4) is 0 Å². The summed E-state index contributed by atoms with van der Waals surface area (Å²) >= 11 is 0. The molecule has 66 valence electrons. The highest BCUT2D eigenvalue weighted by Crippen LogP contribution is 2.17. The van der Waals surface area contributed by atoms with Crippen LogP contribution in [0.4, 0.5) is 0 Å². The minimum absolute atomic E-state index is 0.450. The lowest BCUT2D eigenvalue weighted by Crippen LogP contribution is -2.13. The second-order valence-corrected chi connectivity index (χ2v) is 3.37. The largest absolute Gasteiger partial charge is 0.313 e. The van der Waals surface area contributed by atoms with E-state index in [0.29, 0.717) is 6.04 Å². The van der Waals surface area contributed by atoms with Gasteiger partial charge in [0.25, 0.3) is 0 Å². The molecule has 0 radical (unpaired) electrons. The molecular formula is C11H17N. The minimum atomic E-state index is 0.450. The second kappa shape index (κ2) is 3.72. The zero-order chi connectivity index (χ0) is 9.14. The van der Waals surface area contributed by atoms with E-state index in [-0.39, 0.29) is 0 Å². The molecular weight excluding hydrogens is 146 g/mol. The van der Waals surface area contributed by atoms with E-state index in [9.17, 15) is 0 Å². The summed E-state index contributed by atoms with van der Waals surface area (Å²) in [7, 11) is 1.99. The average molecular weight is 163 g/mol. The highest BCUT2D eigenvalue weighted by molar-refractivity contribution is 5.32. The fourth-order valence-electron chi connectivity index (χ4n) is 1.47. The molecule has 0 aliphatic carbocycles. The Hall–Kier alpha value is -0.820. The van der Waals surface area contributed by atoms with Crippen molar-refractivity contribution < 1.29 is 0 Å². The van der Waals surface area contributed by atoms with Gasteiger partial charge in [-0.15, -0.1) is 0 Å². The van der Waals surface area contributed by atoms with Crippen LogP contribution in [0.5, 0.6) is 0 Å². The van der Waals surface area contributed by atoms with Gasteiger partial charge in [0.05, 0.1) is 0 Å². The summed E-state index contributed by atoms with van der Waals surface area (Å²) in [6, 6.07) is 7.04. The number of aryl methyl sites for hydroxylation is 2. The van der Waals surface area contributed by atoms with Gasteiger partial charge < -0.3 is 5.32 Å². The molecule has 0 aliphatic rings. The maximum Gasteiger partial charge on any atom is 0.0291 e. The second-order valence-electron chi connectivity index (χ2n) is 3.37. The molecule has 0 amide bonds. The summed E-state index contributed by atoms with van der Waals surface area (Å²) in [5, 5.41) is 3.24. The van der Waals surface area contributed by atoms with Crippen molar-refractivity contribution in [2.24, 2.45) is 0 Å². The van der Waals surface area contributed by atoms with Crippen molar-refractivity contribution in [2.75, 3.05) is 7.05 Å². The van der Waals surface area contributed by atoms with Gasteiger partial charge in [-0.05, 0) is 38.9 Å². The van der Waals surface area contributed by atoms with E-state index >= 15 is 0 Å². The van der Waals surface area contributed by atoms with Crippen LogP contribution in [0.25, 0.3) is 0 Å². The van der Waals surface area contributed by atoms with Crippen LogP contribution in [0.1, 0.15) is 29.7 Å². The fraction of sp³-hybridized carbons (Fsp3) is 0.455. The highest BCUT2D eigenvalue weighted by atomic mass is 14.9. The summed E-state index contributed by atoms with van der Waals surface area (Å²) < 4.78 is 0. The van der Waals surface area contributed by atoms with Gasteiger partial charge in [0.2, 0.25) is 0 Å². The van der Waals surface area contributed by atoms with Crippen molar-refractivity contribution in [3.63, 3.8) is 0 Å². The third-order valence-corrected chi connectivity index (χ3v) is 2.32. The number of benzene rings is 1. The molecule has 0 saturated carbocycles. The molecule has 1 heteroatoms. The van der Waals surface area contributed by atoms with Gasteiger partial charge in [-0.2, -0.15) is 0 Å². The summed E-state index contributed by atoms with van der Waals surface area (Å²) in [5.74, 6) is 0. The first kappa shape index (κ1) is 9.27. The lowest BCUT2D eigenvalue weighted by Gasteiger charge is -2.13. The monoisotopic (exact) mass is 163 g/mol. The first-order chi connectivity index (χ1) is 5.65. The highest BCUT2D eigenvalue weighted by Gasteiger charge is 2.04. The third-order valence-electron chi connectivity index (χ3n) is 2.32. The molecule has 0 saturated heterocycles. The summed E-state index contributed by atoms with van der Waals surface area (Å²) in [5.41, 5.74) is 4.10. The Labute approximate surface area is 74.8 Å². The zero-order valence-corrected chi connectivity index (χ0v) is 8.31. The van der Waals surface area contributed by atoms with Crippen LogP contribution >= 0.6 is 0 Å². The van der Waals surface area contributed by atoms with E-state index in [1.165, 1.54) is 16.7 Å². The van der Waals surface area contributed by atoms with Gasteiger partial charge in [0, 0.05) is 6.04 Å². The molecule has 0 heterocycles. The minimum Gasteiger partial charge on any atom is -0.313 e. The first-order valence-corrected chi connectivity index (χ1v) is 4.39. The van der Waals surface area contributed by atoms with Gasteiger partial charge in [0.1, 0.15) is 0 Å². The van der Waals surface area contributed by atoms with Crippen LogP contribution in [-0.2, 0) is 0 Å². The van der Waals surface area contributed by atoms with Gasteiger partial charge in [0.15, 0.2) is 0 Å². The fourth-order valence-corrected chi connectivity index (χ4v) is 1.47. The molecule has 1 rings (SSSR count). The van der Waals surface area contributed by atoms with Crippen LogP contribution in [0.2, 0.25) is 0 Å². The normalized spacial score (nSPS) is 13.0. The molecule has 0 bridgehead atoms. The topological polar surface area (TPSA) is 12.0 Å². The number of hydrogen-bond acceptors (Lipinski definition) is 1. The Morgan fingerprint density at radius 1 is 1.25 bits per heavy atom. The molecule has 1 nitrogen and oxygen atoms in total. The summed E-state index contributed by atoms with van der Waals surface area (Å²) in [6.45, 7) is 6.47. The van der Waals surface area contributed by atoms with E-state index in [4.69, 9.17) is 0 Å². The summed E-state index contributed by atoms with van der Waals surface area (Å²) in [4.78, 5) is 0. The van der Waals surface area contributed by atoms with Crippen LogP contribution in [0.3, 0.4) is 0 Å². The first-order valence-electron chi connectivity index (χ1n) is 4.39. The van der Waals surface area contributed by atoms with E-state index < -0.39 is 0 Å². The number of nitrogens with one attached hydrogen (secondary N) is 1. The lowest BCUT2D eigenvalue weighted by molar-refractivity contribution is 0.648. The van der Waals surface area contributed by atoms with Crippen LogP contribution < -0.4 is 5.32 Å². The predicted octanol–water partition coefficient (Wildman–Crippen LogP) is 2.58. The molecule has 1 N–H and O–H groups in total. The van der Waals surface area contributed by atoms with Crippen LogP contribution in [0, 0.1) is 13.8 Å². The zero-order valence-electron chi connectivity index (χ0n) is 8.31. The smallest absolute Gasteiger partial charge is 0.0291 e. The maximum absolute atomic E-state index is 3.24. The van der Waals surface area contributed by atoms with Crippen molar-refractivity contribution in [2.45, 2.75) is 26.8 Å². The van der Waals surface area contributed by atoms with E-state index in [2.05, 4.69) is 44.3 Å². The lowest BCUT2D eigenvalue weighted by atomic mass is 10.0. The molecule has 1 aromatic carbocycles. The molecule has 1 atom stereocenters. The van der Waals surface area contributed by atoms with Gasteiger partial charge in [-0.3, -0.25) is 0 Å². The standard InChI is InChI=1S/C11H17N/c1-8-5-6-11(9(2)7-8)10(3)12-4/h5-7,10,12H,1-4H3. The maximum atomic E-state index is 3.24. The molecule has 0 spiro atoms. The molecule has 0 fully saturated rings. The quantitative estimate of drug-likeness (QED) is 0.706. The Morgan fingerprint density at radius 2 is 1.92 bits per heavy atom. The van der Waals surface area contributed by atoms with Crippen molar-refractivity contribution in [3.05, 3.63) is 34.9 Å². The van der Waals surface area contributed by atoms with Crippen molar-refractivity contribution >= 4 is 0 Å². The average Bonchev–Trinajstić information content (AvgIpc) is 2.03. The van der Waals surface area contributed by atoms with E-state index in [0.717, 1.165) is 0 Å². The number of hydrogen-bond donors (Lipinski definition) is 1. The van der Waals surface area contributed by atoms with Crippen LogP contribution in [0.15, 0.2) is 18.2 Å². The van der Waals surface area contributed by atoms with Crippen molar-refractivity contribution in [1.82, 2.24) is 5.32 Å². The third kappa shape index (κ3) is 1.86. The molecule has 1 aromatic rings. The van der Waals surface area contributed by atoms with E-state index in [1.807, 2.05) is 7.05 Å².